The van der Waals surface area contributed by atoms with E-state index >= 15 is 0 Å². The monoisotopic (exact) mass is 498 g/mol. The van der Waals surface area contributed by atoms with Crippen LogP contribution < -0.4 is 14.5 Å². The van der Waals surface area contributed by atoms with E-state index in [1.807, 2.05) is 43.3 Å². The predicted molar refractivity (Wildman–Crippen MR) is 148 cm³/mol. The normalized spacial score (nSPS) is 18.2. The van der Waals surface area contributed by atoms with E-state index in [0.717, 1.165) is 54.6 Å². The molecule has 0 bridgehead atoms. The van der Waals surface area contributed by atoms with Crippen LogP contribution in [0, 0.1) is 19.8 Å². The molecule has 0 saturated carbocycles. The molecule has 7 nitrogen and oxygen atoms in total. The van der Waals surface area contributed by atoms with E-state index in [4.69, 9.17) is 9.73 Å². The standard InChI is InChI=1S/C30H34N4O3/c1-20-8-7-9-23(18-20)32-14-16-33(17-15-32)30-31-25-11-6-5-10-24(25)28(22(3)29(35)36)34(30)26-19-21(2)12-13-27(26)37-4/h5-13,18-19,22,28H,14-17H2,1-4H3,(H,35,36). The molecular formula is C30H34N4O3. The molecule has 1 saturated heterocycles. The number of benzene rings is 3. The van der Waals surface area contributed by atoms with Crippen LogP contribution in [0.5, 0.6) is 5.75 Å². The number of nitrogens with zero attached hydrogens (tertiary/aromatic N) is 4. The number of methoxy groups -OCH3 is 1. The van der Waals surface area contributed by atoms with Gasteiger partial charge in [-0.3, -0.25) is 4.79 Å². The lowest BCUT2D eigenvalue weighted by Gasteiger charge is -2.46. The van der Waals surface area contributed by atoms with Gasteiger partial charge in [0.2, 0.25) is 5.96 Å². The molecule has 5 rings (SSSR count). The van der Waals surface area contributed by atoms with Crippen LogP contribution in [0.2, 0.25) is 0 Å². The molecule has 7 heteroatoms. The van der Waals surface area contributed by atoms with Gasteiger partial charge in [-0.25, -0.2) is 4.99 Å². The zero-order valence-corrected chi connectivity index (χ0v) is 21.9. The summed E-state index contributed by atoms with van der Waals surface area (Å²) in [6, 6.07) is 22.1. The highest BCUT2D eigenvalue weighted by Crippen LogP contribution is 2.45. The number of rotatable bonds is 5. The predicted octanol–water partition coefficient (Wildman–Crippen LogP) is 5.40. The van der Waals surface area contributed by atoms with Gasteiger partial charge in [-0.15, -0.1) is 0 Å². The SMILES string of the molecule is COc1ccc(C)cc1N1C(N2CCN(c3cccc(C)c3)CC2)=Nc2ccccc2C1C(C)C(=O)O. The molecule has 0 spiro atoms. The van der Waals surface area contributed by atoms with Crippen LogP contribution in [0.4, 0.5) is 17.1 Å². The number of carboxylic acid groups (broad SMARTS) is 1. The lowest BCUT2D eigenvalue weighted by molar-refractivity contribution is -0.141. The van der Waals surface area contributed by atoms with Crippen molar-refractivity contribution in [2.45, 2.75) is 26.8 Å². The highest BCUT2D eigenvalue weighted by Gasteiger charge is 2.41. The number of hydrogen-bond acceptors (Lipinski definition) is 6. The second kappa shape index (κ2) is 10.2. The van der Waals surface area contributed by atoms with Crippen molar-refractivity contribution in [2.75, 3.05) is 43.1 Å². The first-order valence-electron chi connectivity index (χ1n) is 12.8. The highest BCUT2D eigenvalue weighted by molar-refractivity contribution is 6.02. The first-order valence-corrected chi connectivity index (χ1v) is 12.8. The third-order valence-electron chi connectivity index (χ3n) is 7.36. The molecule has 2 atom stereocenters. The van der Waals surface area contributed by atoms with E-state index in [0.29, 0.717) is 5.75 Å². The summed E-state index contributed by atoms with van der Waals surface area (Å²) >= 11 is 0. The van der Waals surface area contributed by atoms with Crippen LogP contribution in [0.25, 0.3) is 0 Å². The molecule has 1 N–H and O–H groups in total. The van der Waals surface area contributed by atoms with E-state index in [1.165, 1.54) is 11.3 Å². The van der Waals surface area contributed by atoms with E-state index in [-0.39, 0.29) is 0 Å². The number of aliphatic imine (C=N–C) groups is 1. The lowest BCUT2D eigenvalue weighted by atomic mass is 9.90. The maximum Gasteiger partial charge on any atom is 0.308 e. The van der Waals surface area contributed by atoms with Gasteiger partial charge >= 0.3 is 5.97 Å². The first-order chi connectivity index (χ1) is 17.9. The van der Waals surface area contributed by atoms with Crippen molar-refractivity contribution in [3.63, 3.8) is 0 Å². The van der Waals surface area contributed by atoms with Crippen LogP contribution in [0.3, 0.4) is 0 Å². The van der Waals surface area contributed by atoms with Gasteiger partial charge in [-0.1, -0.05) is 36.4 Å². The second-order valence-electron chi connectivity index (χ2n) is 9.90. The number of piperazine rings is 1. The average Bonchev–Trinajstić information content (AvgIpc) is 2.91. The number of hydrogen-bond donors (Lipinski definition) is 1. The van der Waals surface area contributed by atoms with Gasteiger partial charge in [0.1, 0.15) is 5.75 Å². The zero-order chi connectivity index (χ0) is 26.1. The zero-order valence-electron chi connectivity index (χ0n) is 21.9. The number of fused-ring (bicyclic) bond motifs is 1. The van der Waals surface area contributed by atoms with Crippen molar-refractivity contribution in [1.82, 2.24) is 4.90 Å². The largest absolute Gasteiger partial charge is 0.495 e. The van der Waals surface area contributed by atoms with Gasteiger partial charge in [0.05, 0.1) is 30.4 Å². The number of ether oxygens (including phenoxy) is 1. The molecule has 1 fully saturated rings. The van der Waals surface area contributed by atoms with Crippen molar-refractivity contribution in [2.24, 2.45) is 10.9 Å². The Labute approximate surface area is 218 Å². The summed E-state index contributed by atoms with van der Waals surface area (Å²) in [4.78, 5) is 24.3. The molecule has 0 amide bonds. The number of carboxylic acids is 1. The number of aryl methyl sites for hydroxylation is 2. The number of guanidine groups is 1. The molecule has 192 valence electrons. The summed E-state index contributed by atoms with van der Waals surface area (Å²) in [5, 5.41) is 10.2. The molecule has 2 unspecified atom stereocenters. The summed E-state index contributed by atoms with van der Waals surface area (Å²) in [7, 11) is 1.65. The molecule has 3 aromatic rings. The fourth-order valence-electron chi connectivity index (χ4n) is 5.35. The molecule has 37 heavy (non-hydrogen) atoms. The minimum absolute atomic E-state index is 0.438. The van der Waals surface area contributed by atoms with Crippen molar-refractivity contribution in [1.29, 1.82) is 0 Å². The molecule has 2 heterocycles. The number of para-hydroxylation sites is 1. The van der Waals surface area contributed by atoms with Crippen molar-refractivity contribution < 1.29 is 14.6 Å². The van der Waals surface area contributed by atoms with Crippen molar-refractivity contribution in [3.8, 4) is 5.75 Å². The van der Waals surface area contributed by atoms with Crippen LogP contribution in [0.15, 0.2) is 71.7 Å². The van der Waals surface area contributed by atoms with Crippen LogP contribution in [0.1, 0.15) is 29.7 Å². The summed E-state index contributed by atoms with van der Waals surface area (Å²) in [6.45, 7) is 9.17. The number of anilines is 2. The molecular weight excluding hydrogens is 464 g/mol. The summed E-state index contributed by atoms with van der Waals surface area (Å²) in [6.07, 6.45) is 0. The average molecular weight is 499 g/mol. The molecule has 0 aliphatic carbocycles. The van der Waals surface area contributed by atoms with Gasteiger partial charge in [0.25, 0.3) is 0 Å². The van der Waals surface area contributed by atoms with E-state index in [9.17, 15) is 9.90 Å². The van der Waals surface area contributed by atoms with Crippen LogP contribution in [-0.2, 0) is 4.79 Å². The highest BCUT2D eigenvalue weighted by atomic mass is 16.5. The smallest absolute Gasteiger partial charge is 0.308 e. The topological polar surface area (TPSA) is 68.6 Å². The Kier molecular flexibility index (Phi) is 6.78. The summed E-state index contributed by atoms with van der Waals surface area (Å²) in [5.74, 6) is -0.0596. The third-order valence-corrected chi connectivity index (χ3v) is 7.36. The summed E-state index contributed by atoms with van der Waals surface area (Å²) < 4.78 is 5.78. The Bertz CT molecular complexity index is 1330. The molecule has 0 aromatic heterocycles. The molecule has 3 aromatic carbocycles. The van der Waals surface area contributed by atoms with Gasteiger partial charge in [0.15, 0.2) is 0 Å². The minimum atomic E-state index is -0.845. The van der Waals surface area contributed by atoms with E-state index < -0.39 is 17.9 Å². The van der Waals surface area contributed by atoms with Crippen molar-refractivity contribution in [3.05, 3.63) is 83.4 Å². The lowest BCUT2D eigenvalue weighted by Crippen LogP contribution is -2.56. The van der Waals surface area contributed by atoms with E-state index in [1.54, 1.807) is 14.0 Å². The Balaban J connectivity index is 1.58. The number of aliphatic carboxylic acids is 1. The second-order valence-corrected chi connectivity index (χ2v) is 9.90. The van der Waals surface area contributed by atoms with E-state index in [2.05, 4.69) is 52.0 Å². The molecule has 0 radical (unpaired) electrons. The van der Waals surface area contributed by atoms with Gasteiger partial charge in [-0.05, 0) is 62.2 Å². The Morgan fingerprint density at radius 1 is 0.946 bits per heavy atom. The Morgan fingerprint density at radius 2 is 1.65 bits per heavy atom. The maximum absolute atomic E-state index is 12.4. The third kappa shape index (κ3) is 4.73. The first kappa shape index (κ1) is 24.7. The van der Waals surface area contributed by atoms with Gasteiger partial charge < -0.3 is 24.5 Å². The van der Waals surface area contributed by atoms with Crippen LogP contribution in [-0.4, -0.2) is 55.2 Å². The van der Waals surface area contributed by atoms with Gasteiger partial charge in [-0.2, -0.15) is 0 Å². The molecule has 2 aliphatic rings. The quantitative estimate of drug-likeness (QED) is 0.508. The van der Waals surface area contributed by atoms with Crippen LogP contribution >= 0.6 is 0 Å². The number of carbonyl (C=O) groups is 1. The Hall–Kier alpha value is -4.00. The Morgan fingerprint density at radius 3 is 2.35 bits per heavy atom. The van der Waals surface area contributed by atoms with Gasteiger partial charge in [0, 0.05) is 37.4 Å². The fraction of sp³-hybridized carbons (Fsp3) is 0.333. The maximum atomic E-state index is 12.4. The fourth-order valence-corrected chi connectivity index (χ4v) is 5.35. The van der Waals surface area contributed by atoms with Crippen molar-refractivity contribution >= 4 is 29.0 Å². The molecule has 2 aliphatic heterocycles. The minimum Gasteiger partial charge on any atom is -0.495 e. The summed E-state index contributed by atoms with van der Waals surface area (Å²) in [5.41, 5.74) is 6.10.